The van der Waals surface area contributed by atoms with E-state index in [9.17, 15) is 73.2 Å². The number of hydrogen-bond donors (Lipinski definition) is 12. The van der Waals surface area contributed by atoms with Crippen LogP contribution in [0.25, 0.3) is 10.9 Å². The summed E-state index contributed by atoms with van der Waals surface area (Å²) in [5, 5.41) is 56.9. The molecule has 82 heavy (non-hydrogen) atoms. The lowest BCUT2D eigenvalue weighted by Gasteiger charge is -2.33. The quantitative estimate of drug-likeness (QED) is 0.0397. The van der Waals surface area contributed by atoms with Crippen molar-refractivity contribution >= 4 is 111 Å². The number of benzene rings is 1. The Bertz CT molecular complexity index is 2590. The van der Waals surface area contributed by atoms with Crippen molar-refractivity contribution in [3.05, 3.63) is 36.0 Å². The van der Waals surface area contributed by atoms with Gasteiger partial charge in [-0.15, -0.1) is 0 Å². The molecule has 13 N–H and O–H groups in total. The standard InChI is InChI=1S/C53H79N11O15S3/c1-29(66)43(61-46(71)38(28-65)60-45(70)34(17-23-80-2)56-44(69)32(54)26-30-27-55-33-11-6-5-10-31(30)33)52(77)64-22-9-14-41(64)48(73)57-35(15-16-42(67)68)50(75)62-20-7-12-39(62)47(72)58-36(18-24-81-3)51(76)63-21-8-13-40(63)49(74)59-37(53(78)79)19-25-82-4/h5-6,10-11,27,29,32,34-41,43,55,65-66H,7-9,12-26,28,54H2,1-4H3,(H,56,69)(H,57,73)(H,58,72)(H,59,74)(H,60,70)(H,61,71)(H,67,68)(H,78,79)/t29-,32+,34+,35+,36+,37+,38+,39+,40+,41+,43+/m1/s1. The summed E-state index contributed by atoms with van der Waals surface area (Å²) in [6.07, 6.45) is 6.66. The van der Waals surface area contributed by atoms with E-state index in [-0.39, 0.29) is 71.0 Å². The monoisotopic (exact) mass is 1210 g/mol. The maximum Gasteiger partial charge on any atom is 0.326 e. The molecule has 3 aliphatic heterocycles. The van der Waals surface area contributed by atoms with Gasteiger partial charge in [-0.05, 0) is 125 Å². The van der Waals surface area contributed by atoms with E-state index in [4.69, 9.17) is 5.73 Å². The average molecular weight is 1210 g/mol. The number of aliphatic hydroxyl groups excluding tert-OH is 2. The smallest absolute Gasteiger partial charge is 0.326 e. The first-order valence-corrected chi connectivity index (χ1v) is 31.6. The molecule has 0 radical (unpaired) electrons. The maximum absolute atomic E-state index is 14.5. The van der Waals surface area contributed by atoms with Crippen molar-refractivity contribution in [2.75, 3.05) is 62.3 Å². The van der Waals surface area contributed by atoms with E-state index in [2.05, 4.69) is 36.9 Å². The number of H-pyrrole nitrogens is 1. The number of nitrogens with zero attached hydrogens (tertiary/aromatic N) is 3. The van der Waals surface area contributed by atoms with Gasteiger partial charge in [0.25, 0.3) is 0 Å². The number of thioether (sulfide) groups is 3. The number of aromatic amines is 1. The van der Waals surface area contributed by atoms with Crippen LogP contribution in [0.3, 0.4) is 0 Å². The fourth-order valence-corrected chi connectivity index (χ4v) is 11.7. The minimum Gasteiger partial charge on any atom is -0.481 e. The Morgan fingerprint density at radius 1 is 0.610 bits per heavy atom. The molecule has 5 rings (SSSR count). The van der Waals surface area contributed by atoms with Gasteiger partial charge in [0.2, 0.25) is 53.2 Å². The van der Waals surface area contributed by atoms with Crippen LogP contribution >= 0.6 is 35.3 Å². The molecule has 4 heterocycles. The summed E-state index contributed by atoms with van der Waals surface area (Å²) in [7, 11) is 0. The van der Waals surface area contributed by atoms with Gasteiger partial charge >= 0.3 is 11.9 Å². The SMILES string of the molecule is CSCC[C@H](NC(=O)[C@@H]1CCCN1C(=O)[C@H](CCSC)NC(=O)[C@@H]1CCCN1C(=O)[C@H](CCC(=O)O)NC(=O)[C@@H]1CCCN1C(=O)[C@@H](NC(=O)[C@H](CO)NC(=O)[C@H](CCSC)NC(=O)[C@@H](N)Cc1c[nH]c2ccccc12)[C@@H](C)O)C(=O)O. The Labute approximate surface area is 488 Å². The average Bonchev–Trinajstić information content (AvgIpc) is 4.50. The number of rotatable bonds is 32. The van der Waals surface area contributed by atoms with Crippen molar-refractivity contribution in [2.45, 2.75) is 150 Å². The largest absolute Gasteiger partial charge is 0.481 e. The molecule has 3 fully saturated rings. The minimum absolute atomic E-state index is 0.0301. The zero-order valence-electron chi connectivity index (χ0n) is 46.6. The van der Waals surface area contributed by atoms with E-state index in [0.29, 0.717) is 30.1 Å². The zero-order valence-corrected chi connectivity index (χ0v) is 49.0. The number of carboxylic acid groups (broad SMARTS) is 2. The number of aliphatic hydroxyl groups is 2. The molecule has 29 heteroatoms. The second-order valence-corrected chi connectivity index (χ2v) is 23.5. The van der Waals surface area contributed by atoms with Gasteiger partial charge in [-0.2, -0.15) is 35.3 Å². The van der Waals surface area contributed by atoms with Crippen LogP contribution in [0.2, 0.25) is 0 Å². The van der Waals surface area contributed by atoms with Crippen LogP contribution in [0.15, 0.2) is 30.5 Å². The van der Waals surface area contributed by atoms with Crippen molar-refractivity contribution in [2.24, 2.45) is 5.73 Å². The second kappa shape index (κ2) is 32.6. The third-order valence-electron chi connectivity index (χ3n) is 14.8. The van der Waals surface area contributed by atoms with Crippen molar-refractivity contribution in [3.63, 3.8) is 0 Å². The molecule has 11 atom stereocenters. The van der Waals surface area contributed by atoms with Crippen LogP contribution in [-0.4, -0.2) is 234 Å². The Kier molecular flexibility index (Phi) is 26.5. The van der Waals surface area contributed by atoms with Crippen molar-refractivity contribution in [1.82, 2.24) is 51.6 Å². The molecule has 3 aliphatic rings. The molecule has 0 bridgehead atoms. The van der Waals surface area contributed by atoms with E-state index < -0.39 is 151 Å². The lowest BCUT2D eigenvalue weighted by Crippen LogP contribution is -2.62. The Morgan fingerprint density at radius 3 is 1.55 bits per heavy atom. The van der Waals surface area contributed by atoms with Gasteiger partial charge < -0.3 is 77.7 Å². The highest BCUT2D eigenvalue weighted by atomic mass is 32.2. The van der Waals surface area contributed by atoms with Crippen molar-refractivity contribution in [3.8, 4) is 0 Å². The zero-order chi connectivity index (χ0) is 60.2. The summed E-state index contributed by atoms with van der Waals surface area (Å²) in [5.41, 5.74) is 7.93. The predicted molar refractivity (Wildman–Crippen MR) is 308 cm³/mol. The van der Waals surface area contributed by atoms with E-state index in [1.165, 1.54) is 52.0 Å². The first kappa shape index (κ1) is 66.7. The number of nitrogens with two attached hydrogens (primary N) is 1. The van der Waals surface area contributed by atoms with E-state index in [0.717, 1.165) is 21.4 Å². The van der Waals surface area contributed by atoms with Crippen molar-refractivity contribution in [1.29, 1.82) is 0 Å². The number of carbonyl (C=O) groups excluding carboxylic acids is 9. The lowest BCUT2D eigenvalue weighted by atomic mass is 10.0. The van der Waals surface area contributed by atoms with Crippen LogP contribution in [-0.2, 0) is 59.2 Å². The first-order valence-electron chi connectivity index (χ1n) is 27.4. The fourth-order valence-electron chi connectivity index (χ4n) is 10.3. The highest BCUT2D eigenvalue weighted by molar-refractivity contribution is 7.98. The van der Waals surface area contributed by atoms with Gasteiger partial charge in [0.15, 0.2) is 0 Å². The molecule has 0 unspecified atom stereocenters. The number of aromatic nitrogens is 1. The Balaban J connectivity index is 1.24. The highest BCUT2D eigenvalue weighted by Gasteiger charge is 2.45. The predicted octanol–water partition coefficient (Wildman–Crippen LogP) is -1.50. The van der Waals surface area contributed by atoms with E-state index in [1.807, 2.05) is 36.8 Å². The molecule has 454 valence electrons. The van der Waals surface area contributed by atoms with Gasteiger partial charge in [0.1, 0.15) is 54.4 Å². The Hall–Kier alpha value is -6.14. The normalized spacial score (nSPS) is 19.9. The minimum atomic E-state index is -1.73. The topological polar surface area (TPSA) is 392 Å². The molecule has 1 aromatic heterocycles. The number of aliphatic carboxylic acids is 2. The third kappa shape index (κ3) is 18.2. The molecule has 0 spiro atoms. The summed E-state index contributed by atoms with van der Waals surface area (Å²) in [5.74, 6) is -8.22. The summed E-state index contributed by atoms with van der Waals surface area (Å²) in [6.45, 7) is 0.405. The molecular weight excluding hydrogens is 1130 g/mol. The molecule has 0 saturated carbocycles. The van der Waals surface area contributed by atoms with Crippen LogP contribution in [0, 0.1) is 0 Å². The summed E-state index contributed by atoms with van der Waals surface area (Å²) < 4.78 is 0. The molecule has 26 nitrogen and oxygen atoms in total. The second-order valence-electron chi connectivity index (χ2n) is 20.6. The van der Waals surface area contributed by atoms with Gasteiger partial charge in [-0.25, -0.2) is 4.79 Å². The lowest BCUT2D eigenvalue weighted by molar-refractivity contribution is -0.147. The number of carbonyl (C=O) groups is 11. The van der Waals surface area contributed by atoms with Gasteiger partial charge in [-0.1, -0.05) is 18.2 Å². The number of fused-ring (bicyclic) bond motifs is 1. The van der Waals surface area contributed by atoms with Crippen LogP contribution in [0.4, 0.5) is 0 Å². The number of nitrogens with one attached hydrogen (secondary N) is 7. The summed E-state index contributed by atoms with van der Waals surface area (Å²) in [6, 6.07) is -5.43. The Morgan fingerprint density at radius 2 is 1.06 bits per heavy atom. The molecule has 1 aromatic carbocycles. The fraction of sp³-hybridized carbons (Fsp3) is 0.642. The van der Waals surface area contributed by atoms with E-state index in [1.54, 1.807) is 12.5 Å². The summed E-state index contributed by atoms with van der Waals surface area (Å²) in [4.78, 5) is 156. The van der Waals surface area contributed by atoms with Gasteiger partial charge in [0.05, 0.1) is 18.8 Å². The van der Waals surface area contributed by atoms with Crippen molar-refractivity contribution < 1.29 is 73.2 Å². The van der Waals surface area contributed by atoms with Crippen LogP contribution in [0.1, 0.15) is 83.1 Å². The molecule has 2 aromatic rings. The van der Waals surface area contributed by atoms with Gasteiger partial charge in [0, 0.05) is 43.2 Å². The van der Waals surface area contributed by atoms with E-state index >= 15 is 0 Å². The molecule has 0 aliphatic carbocycles. The first-order chi connectivity index (χ1) is 39.1. The molecule has 9 amide bonds. The number of para-hydroxylation sites is 1. The molecular formula is C53H79N11O15S3. The van der Waals surface area contributed by atoms with Crippen LogP contribution < -0.4 is 37.6 Å². The molecule has 3 saturated heterocycles. The maximum atomic E-state index is 14.5. The third-order valence-corrected chi connectivity index (χ3v) is 16.7. The van der Waals surface area contributed by atoms with Crippen LogP contribution in [0.5, 0.6) is 0 Å². The number of likely N-dealkylation sites (tertiary alicyclic amines) is 3. The number of amides is 9. The summed E-state index contributed by atoms with van der Waals surface area (Å²) >= 11 is 4.22. The number of carboxylic acids is 2. The highest BCUT2D eigenvalue weighted by Crippen LogP contribution is 2.25. The number of hydrogen-bond acceptors (Lipinski definition) is 17. The van der Waals surface area contributed by atoms with Gasteiger partial charge in [-0.3, -0.25) is 47.9 Å².